The van der Waals surface area contributed by atoms with Gasteiger partial charge in [0.2, 0.25) is 0 Å². The van der Waals surface area contributed by atoms with Gasteiger partial charge in [-0.05, 0) is 12.1 Å². The van der Waals surface area contributed by atoms with E-state index < -0.39 is 16.8 Å². The molecule has 0 saturated heterocycles. The molecule has 0 aromatic heterocycles. The van der Waals surface area contributed by atoms with Crippen molar-refractivity contribution in [2.24, 2.45) is 0 Å². The van der Waals surface area contributed by atoms with Crippen molar-refractivity contribution in [3.05, 3.63) is 39.9 Å². The molecule has 1 rings (SSSR count). The summed E-state index contributed by atoms with van der Waals surface area (Å²) in [7, 11) is 0. The van der Waals surface area contributed by atoms with Crippen LogP contribution in [-0.4, -0.2) is 21.4 Å². The molecule has 8 heteroatoms. The van der Waals surface area contributed by atoms with E-state index in [9.17, 15) is 19.7 Å². The summed E-state index contributed by atoms with van der Waals surface area (Å²) in [6.45, 7) is 1.08. The van der Waals surface area contributed by atoms with Crippen molar-refractivity contribution in [1.29, 1.82) is 0 Å². The van der Waals surface area contributed by atoms with Gasteiger partial charge in [-0.15, -0.1) is 0 Å². The maximum absolute atomic E-state index is 11.5. The molecule has 0 unspecified atom stereocenters. The molecule has 0 bridgehead atoms. The molecular formula is C9H7ClN2O5. The molecule has 0 radical (unpaired) electrons. The number of nitro benzene ring substituents is 1. The van der Waals surface area contributed by atoms with E-state index in [1.54, 1.807) is 0 Å². The van der Waals surface area contributed by atoms with Gasteiger partial charge < -0.3 is 4.84 Å². The van der Waals surface area contributed by atoms with Crippen LogP contribution in [-0.2, 0) is 9.63 Å². The number of amides is 1. The Morgan fingerprint density at radius 2 is 1.88 bits per heavy atom. The van der Waals surface area contributed by atoms with Gasteiger partial charge in [-0.25, -0.2) is 4.79 Å². The molecular weight excluding hydrogens is 252 g/mol. The lowest BCUT2D eigenvalue weighted by molar-refractivity contribution is -0.384. The summed E-state index contributed by atoms with van der Waals surface area (Å²) in [5, 5.41) is 10.4. The zero-order valence-corrected chi connectivity index (χ0v) is 9.38. The Morgan fingerprint density at radius 1 is 1.35 bits per heavy atom. The molecule has 0 N–H and O–H groups in total. The first-order valence-electron chi connectivity index (χ1n) is 4.35. The lowest BCUT2D eigenvalue weighted by atomic mass is 10.2. The van der Waals surface area contributed by atoms with E-state index in [1.165, 1.54) is 12.1 Å². The first-order chi connectivity index (χ1) is 7.91. The van der Waals surface area contributed by atoms with Crippen molar-refractivity contribution in [1.82, 2.24) is 4.58 Å². The predicted molar refractivity (Wildman–Crippen MR) is 56.9 cm³/mol. The van der Waals surface area contributed by atoms with Gasteiger partial charge >= 0.3 is 11.9 Å². The van der Waals surface area contributed by atoms with E-state index in [4.69, 9.17) is 11.8 Å². The number of nitrogens with zero attached hydrogens (tertiary/aromatic N) is 2. The van der Waals surface area contributed by atoms with Crippen LogP contribution >= 0.6 is 11.8 Å². The second-order valence-corrected chi connectivity index (χ2v) is 3.24. The number of nitro groups is 1. The van der Waals surface area contributed by atoms with Gasteiger partial charge in [-0.1, -0.05) is 4.58 Å². The molecule has 90 valence electrons. The van der Waals surface area contributed by atoms with Gasteiger partial charge in [0.25, 0.3) is 5.69 Å². The molecule has 0 heterocycles. The molecule has 7 nitrogen and oxygen atoms in total. The number of halogens is 1. The minimum atomic E-state index is -0.795. The van der Waals surface area contributed by atoms with Crippen LogP contribution in [0.15, 0.2) is 24.3 Å². The number of non-ortho nitro benzene ring substituents is 1. The van der Waals surface area contributed by atoms with Crippen molar-refractivity contribution in [2.75, 3.05) is 0 Å². The fourth-order valence-corrected chi connectivity index (χ4v) is 1.18. The number of carbonyl (C=O) groups is 2. The highest BCUT2D eigenvalue weighted by atomic mass is 35.5. The molecule has 0 fully saturated rings. The summed E-state index contributed by atoms with van der Waals surface area (Å²) in [6, 6.07) is 4.70. The van der Waals surface area contributed by atoms with Gasteiger partial charge in [0.15, 0.2) is 0 Å². The monoisotopic (exact) mass is 258 g/mol. The molecule has 0 aliphatic heterocycles. The smallest absolute Gasteiger partial charge is 0.322 e. The molecule has 17 heavy (non-hydrogen) atoms. The van der Waals surface area contributed by atoms with E-state index >= 15 is 0 Å². The summed E-state index contributed by atoms with van der Waals surface area (Å²) < 4.78 is 0.240. The van der Waals surface area contributed by atoms with Crippen LogP contribution in [0.4, 0.5) is 5.69 Å². The van der Waals surface area contributed by atoms with E-state index in [-0.39, 0.29) is 15.8 Å². The number of benzene rings is 1. The van der Waals surface area contributed by atoms with Gasteiger partial charge in [0.1, 0.15) is 0 Å². The summed E-state index contributed by atoms with van der Waals surface area (Å²) in [4.78, 5) is 36.2. The second kappa shape index (κ2) is 5.26. The van der Waals surface area contributed by atoms with Crippen LogP contribution in [0.1, 0.15) is 17.3 Å². The highest BCUT2D eigenvalue weighted by molar-refractivity contribution is 6.23. The molecule has 1 amide bonds. The predicted octanol–water partition coefficient (Wildman–Crippen LogP) is 1.67. The number of carbonyl (C=O) groups excluding carboxylic acids is 2. The third-order valence-electron chi connectivity index (χ3n) is 1.69. The SMILES string of the molecule is CC(=O)ON(Cl)C(=O)c1ccc([N+](=O)[O-])cc1. The van der Waals surface area contributed by atoms with Crippen LogP contribution in [0.25, 0.3) is 0 Å². The first kappa shape index (κ1) is 12.9. The third-order valence-corrected chi connectivity index (χ3v) is 1.92. The summed E-state index contributed by atoms with van der Waals surface area (Å²) in [5.74, 6) is -1.55. The Kier molecular flexibility index (Phi) is 4.00. The molecule has 1 aromatic carbocycles. The first-order valence-corrected chi connectivity index (χ1v) is 4.69. The topological polar surface area (TPSA) is 89.8 Å². The Balaban J connectivity index is 2.82. The molecule has 0 saturated carbocycles. The van der Waals surface area contributed by atoms with Gasteiger partial charge in [-0.3, -0.25) is 14.9 Å². The lowest BCUT2D eigenvalue weighted by Gasteiger charge is -2.10. The van der Waals surface area contributed by atoms with Gasteiger partial charge in [0, 0.05) is 24.6 Å². The minimum Gasteiger partial charge on any atom is -0.322 e. The van der Waals surface area contributed by atoms with Gasteiger partial charge in [0.05, 0.1) is 16.7 Å². The van der Waals surface area contributed by atoms with E-state index in [0.29, 0.717) is 0 Å². The molecule has 0 atom stereocenters. The van der Waals surface area contributed by atoms with Crippen molar-refractivity contribution < 1.29 is 19.3 Å². The van der Waals surface area contributed by atoms with Crippen molar-refractivity contribution in [3.63, 3.8) is 0 Å². The van der Waals surface area contributed by atoms with Crippen molar-refractivity contribution in [2.45, 2.75) is 6.92 Å². The Bertz CT molecular complexity index is 459. The number of hydroxylamine groups is 1. The maximum Gasteiger partial charge on any atom is 0.331 e. The zero-order chi connectivity index (χ0) is 13.0. The second-order valence-electron chi connectivity index (χ2n) is 2.94. The average Bonchev–Trinajstić information content (AvgIpc) is 2.27. The molecule has 1 aromatic rings. The quantitative estimate of drug-likeness (QED) is 0.457. The van der Waals surface area contributed by atoms with E-state index in [1.807, 2.05) is 0 Å². The van der Waals surface area contributed by atoms with Crippen LogP contribution in [0.5, 0.6) is 0 Å². The van der Waals surface area contributed by atoms with Gasteiger partial charge in [-0.2, -0.15) is 0 Å². The lowest BCUT2D eigenvalue weighted by Crippen LogP contribution is -2.24. The highest BCUT2D eigenvalue weighted by Crippen LogP contribution is 2.14. The standard InChI is InChI=1S/C9H7ClN2O5/c1-6(13)17-11(10)9(14)7-2-4-8(5-3-7)12(15)16/h2-5H,1H3. The largest absolute Gasteiger partial charge is 0.331 e. The van der Waals surface area contributed by atoms with Crippen molar-refractivity contribution in [3.8, 4) is 0 Å². The maximum atomic E-state index is 11.5. The molecule has 0 aliphatic carbocycles. The van der Waals surface area contributed by atoms with Crippen LogP contribution < -0.4 is 0 Å². The summed E-state index contributed by atoms with van der Waals surface area (Å²) >= 11 is 5.37. The normalized spacial score (nSPS) is 9.53. The third kappa shape index (κ3) is 3.42. The Morgan fingerprint density at radius 3 is 2.29 bits per heavy atom. The fraction of sp³-hybridized carbons (Fsp3) is 0.111. The van der Waals surface area contributed by atoms with Crippen LogP contribution in [0.3, 0.4) is 0 Å². The minimum absolute atomic E-state index is 0.0619. The van der Waals surface area contributed by atoms with Crippen molar-refractivity contribution >= 4 is 29.3 Å². The molecule has 0 spiro atoms. The average molecular weight is 259 g/mol. The van der Waals surface area contributed by atoms with E-state index in [2.05, 4.69) is 4.84 Å². The summed E-state index contributed by atoms with van der Waals surface area (Å²) in [5.41, 5.74) is -0.0954. The highest BCUT2D eigenvalue weighted by Gasteiger charge is 2.17. The number of hydrogen-bond donors (Lipinski definition) is 0. The fourth-order valence-electron chi connectivity index (χ4n) is 0.982. The number of rotatable bonds is 2. The molecule has 0 aliphatic rings. The van der Waals surface area contributed by atoms with Crippen LogP contribution in [0, 0.1) is 10.1 Å². The summed E-state index contributed by atoms with van der Waals surface area (Å²) in [6.07, 6.45) is 0. The van der Waals surface area contributed by atoms with Crippen LogP contribution in [0.2, 0.25) is 0 Å². The Hall–Kier alpha value is -2.15. The zero-order valence-electron chi connectivity index (χ0n) is 8.62. The van der Waals surface area contributed by atoms with E-state index in [0.717, 1.165) is 19.1 Å². The number of hydrogen-bond acceptors (Lipinski definition) is 5. The Labute approximate surface area is 101 Å².